The third-order valence-electron chi connectivity index (χ3n) is 3.31. The number of hydrogen-bond acceptors (Lipinski definition) is 4. The third-order valence-corrected chi connectivity index (χ3v) is 5.82. The fourth-order valence-electron chi connectivity index (χ4n) is 2.08. The van der Waals surface area contributed by atoms with Gasteiger partial charge < -0.3 is 5.32 Å². The monoisotopic (exact) mass is 408 g/mol. The molecule has 0 aliphatic rings. The molecule has 3 nitrogen and oxygen atoms in total. The van der Waals surface area contributed by atoms with E-state index in [0.29, 0.717) is 21.6 Å². The van der Waals surface area contributed by atoms with Crippen molar-refractivity contribution in [3.63, 3.8) is 0 Å². The summed E-state index contributed by atoms with van der Waals surface area (Å²) in [5.74, 6) is 0.680. The zero-order valence-electron chi connectivity index (χ0n) is 13.0. The molecule has 1 amide bonds. The first-order valence-electron chi connectivity index (χ1n) is 7.50. The second-order valence-corrected chi connectivity index (χ2v) is 7.97. The third kappa shape index (κ3) is 5.22. The number of thioether (sulfide) groups is 1. The minimum atomic E-state index is -0.0431. The number of carbonyl (C=O) groups is 1. The van der Waals surface area contributed by atoms with Crippen LogP contribution in [0.25, 0.3) is 11.3 Å². The summed E-state index contributed by atoms with van der Waals surface area (Å²) in [6, 6.07) is 15.4. The van der Waals surface area contributed by atoms with Gasteiger partial charge in [0.25, 0.3) is 0 Å². The van der Waals surface area contributed by atoms with Gasteiger partial charge in [-0.05, 0) is 24.3 Å². The molecule has 1 aromatic heterocycles. The number of anilines is 1. The largest absolute Gasteiger partial charge is 0.302 e. The summed E-state index contributed by atoms with van der Waals surface area (Å²) in [6.45, 7) is 0. The quantitative estimate of drug-likeness (QED) is 0.490. The van der Waals surface area contributed by atoms with E-state index in [2.05, 4.69) is 10.3 Å². The highest BCUT2D eigenvalue weighted by Crippen LogP contribution is 2.30. The Balaban J connectivity index is 1.54. The summed E-state index contributed by atoms with van der Waals surface area (Å²) in [7, 11) is 0. The highest BCUT2D eigenvalue weighted by atomic mass is 35.5. The molecule has 0 bridgehead atoms. The first kappa shape index (κ1) is 18.3. The minimum absolute atomic E-state index is 0.0431. The molecule has 0 saturated carbocycles. The number of halogens is 2. The molecule has 0 saturated heterocycles. The molecule has 1 heterocycles. The van der Waals surface area contributed by atoms with Gasteiger partial charge in [-0.1, -0.05) is 47.5 Å². The van der Waals surface area contributed by atoms with Gasteiger partial charge in [0.15, 0.2) is 5.13 Å². The zero-order valence-corrected chi connectivity index (χ0v) is 16.2. The second kappa shape index (κ2) is 8.72. The topological polar surface area (TPSA) is 42.0 Å². The lowest BCUT2D eigenvalue weighted by Crippen LogP contribution is -2.11. The summed E-state index contributed by atoms with van der Waals surface area (Å²) >= 11 is 15.0. The Labute approximate surface area is 164 Å². The highest BCUT2D eigenvalue weighted by molar-refractivity contribution is 7.99. The van der Waals surface area contributed by atoms with E-state index in [-0.39, 0.29) is 5.91 Å². The lowest BCUT2D eigenvalue weighted by molar-refractivity contribution is -0.115. The van der Waals surface area contributed by atoms with Gasteiger partial charge in [0.1, 0.15) is 0 Å². The van der Waals surface area contributed by atoms with Crippen molar-refractivity contribution >= 4 is 57.3 Å². The van der Waals surface area contributed by atoms with Gasteiger partial charge in [0.05, 0.1) is 15.7 Å². The van der Waals surface area contributed by atoms with Gasteiger partial charge in [-0.15, -0.1) is 23.1 Å². The van der Waals surface area contributed by atoms with Crippen LogP contribution in [0.1, 0.15) is 6.42 Å². The Morgan fingerprint density at radius 2 is 1.92 bits per heavy atom. The van der Waals surface area contributed by atoms with Crippen LogP contribution in [0.15, 0.2) is 58.8 Å². The molecule has 7 heteroatoms. The molecule has 3 rings (SSSR count). The molecule has 0 atom stereocenters. The minimum Gasteiger partial charge on any atom is -0.302 e. The summed E-state index contributed by atoms with van der Waals surface area (Å²) < 4.78 is 0. The summed E-state index contributed by atoms with van der Waals surface area (Å²) in [4.78, 5) is 17.6. The Kier molecular flexibility index (Phi) is 6.37. The van der Waals surface area contributed by atoms with Gasteiger partial charge in [0, 0.05) is 28.0 Å². The van der Waals surface area contributed by atoms with Crippen LogP contribution in [0.5, 0.6) is 0 Å². The molecule has 2 aromatic carbocycles. The SMILES string of the molecule is O=C(CCSc1ccccc1)Nc1nc(-c2ccc(Cl)c(Cl)c2)cs1. The first-order chi connectivity index (χ1) is 12.1. The van der Waals surface area contributed by atoms with Crippen molar-refractivity contribution in [2.75, 3.05) is 11.1 Å². The van der Waals surface area contributed by atoms with Gasteiger partial charge >= 0.3 is 0 Å². The average Bonchev–Trinajstić information content (AvgIpc) is 3.06. The lowest BCUT2D eigenvalue weighted by Gasteiger charge is -2.02. The zero-order chi connectivity index (χ0) is 17.6. The molecule has 128 valence electrons. The summed E-state index contributed by atoms with van der Waals surface area (Å²) in [5.41, 5.74) is 1.63. The van der Waals surface area contributed by atoms with Crippen LogP contribution in [0.3, 0.4) is 0 Å². The van der Waals surface area contributed by atoms with Gasteiger partial charge in [-0.25, -0.2) is 4.98 Å². The molecule has 0 aliphatic carbocycles. The number of carbonyl (C=O) groups excluding carboxylic acids is 1. The highest BCUT2D eigenvalue weighted by Gasteiger charge is 2.09. The van der Waals surface area contributed by atoms with Crippen molar-refractivity contribution in [2.45, 2.75) is 11.3 Å². The molecular formula is C18H14Cl2N2OS2. The number of nitrogens with zero attached hydrogens (tertiary/aromatic N) is 1. The molecule has 1 N–H and O–H groups in total. The summed E-state index contributed by atoms with van der Waals surface area (Å²) in [6.07, 6.45) is 0.432. The van der Waals surface area contributed by atoms with Crippen LogP contribution < -0.4 is 5.32 Å². The fourth-order valence-corrected chi connectivity index (χ4v) is 3.99. The normalized spacial score (nSPS) is 10.6. The Morgan fingerprint density at radius 1 is 1.12 bits per heavy atom. The van der Waals surface area contributed by atoms with E-state index in [4.69, 9.17) is 23.2 Å². The molecule has 0 fully saturated rings. The molecule has 25 heavy (non-hydrogen) atoms. The van der Waals surface area contributed by atoms with Crippen LogP contribution in [0, 0.1) is 0 Å². The predicted octanol–water partition coefficient (Wildman–Crippen LogP) is 6.24. The van der Waals surface area contributed by atoms with E-state index in [1.54, 1.807) is 23.9 Å². The van der Waals surface area contributed by atoms with Crippen molar-refractivity contribution in [1.29, 1.82) is 0 Å². The van der Waals surface area contributed by atoms with Crippen LogP contribution in [-0.4, -0.2) is 16.6 Å². The number of rotatable bonds is 6. The molecular weight excluding hydrogens is 395 g/mol. The van der Waals surface area contributed by atoms with E-state index >= 15 is 0 Å². The maximum Gasteiger partial charge on any atom is 0.226 e. The van der Waals surface area contributed by atoms with Crippen LogP contribution >= 0.6 is 46.3 Å². The molecule has 0 radical (unpaired) electrons. The van der Waals surface area contributed by atoms with E-state index in [9.17, 15) is 4.79 Å². The van der Waals surface area contributed by atoms with Crippen LogP contribution in [-0.2, 0) is 4.79 Å². The molecule has 0 unspecified atom stereocenters. The standard InChI is InChI=1S/C18H14Cl2N2OS2/c19-14-7-6-12(10-15(14)20)16-11-25-18(21-16)22-17(23)8-9-24-13-4-2-1-3-5-13/h1-7,10-11H,8-9H2,(H,21,22,23). The maximum atomic E-state index is 12.1. The fraction of sp³-hybridized carbons (Fsp3) is 0.111. The van der Waals surface area contributed by atoms with Crippen molar-refractivity contribution in [3.8, 4) is 11.3 Å². The molecule has 0 aliphatic heterocycles. The maximum absolute atomic E-state index is 12.1. The first-order valence-corrected chi connectivity index (χ1v) is 10.1. The van der Waals surface area contributed by atoms with Crippen molar-refractivity contribution in [3.05, 3.63) is 64.0 Å². The van der Waals surface area contributed by atoms with Crippen molar-refractivity contribution in [1.82, 2.24) is 4.98 Å². The number of nitrogens with one attached hydrogen (secondary N) is 1. The Hall–Kier alpha value is -1.53. The second-order valence-electron chi connectivity index (χ2n) is 5.13. The average molecular weight is 409 g/mol. The van der Waals surface area contributed by atoms with Crippen LogP contribution in [0.2, 0.25) is 10.0 Å². The van der Waals surface area contributed by atoms with Crippen molar-refractivity contribution in [2.24, 2.45) is 0 Å². The Morgan fingerprint density at radius 3 is 2.68 bits per heavy atom. The van der Waals surface area contributed by atoms with E-state index in [1.165, 1.54) is 11.3 Å². The van der Waals surface area contributed by atoms with Crippen molar-refractivity contribution < 1.29 is 4.79 Å². The molecule has 3 aromatic rings. The smallest absolute Gasteiger partial charge is 0.226 e. The van der Waals surface area contributed by atoms with E-state index in [0.717, 1.165) is 21.9 Å². The number of amides is 1. The predicted molar refractivity (Wildman–Crippen MR) is 108 cm³/mol. The number of benzene rings is 2. The number of thiazole rings is 1. The van der Waals surface area contributed by atoms with E-state index in [1.807, 2.05) is 41.8 Å². The number of aromatic nitrogens is 1. The lowest BCUT2D eigenvalue weighted by atomic mass is 10.2. The number of hydrogen-bond donors (Lipinski definition) is 1. The summed E-state index contributed by atoms with van der Waals surface area (Å²) in [5, 5.41) is 6.29. The van der Waals surface area contributed by atoms with E-state index < -0.39 is 0 Å². The molecule has 0 spiro atoms. The Bertz CT molecular complexity index is 869. The van der Waals surface area contributed by atoms with Gasteiger partial charge in [-0.2, -0.15) is 0 Å². The van der Waals surface area contributed by atoms with Gasteiger partial charge in [-0.3, -0.25) is 4.79 Å². The van der Waals surface area contributed by atoms with Crippen LogP contribution in [0.4, 0.5) is 5.13 Å². The van der Waals surface area contributed by atoms with Gasteiger partial charge in [0.2, 0.25) is 5.91 Å².